The van der Waals surface area contributed by atoms with E-state index >= 15 is 0 Å². The molecule has 1 aliphatic rings. The van der Waals surface area contributed by atoms with Gasteiger partial charge in [0.25, 0.3) is 0 Å². The van der Waals surface area contributed by atoms with Gasteiger partial charge in [0.2, 0.25) is 0 Å². The summed E-state index contributed by atoms with van der Waals surface area (Å²) in [6.07, 6.45) is 1.25. The van der Waals surface area contributed by atoms with E-state index in [4.69, 9.17) is 4.74 Å². The average Bonchev–Trinajstić information content (AvgIpc) is 2.83. The third-order valence-corrected chi connectivity index (χ3v) is 3.54. The number of hydrogen-bond donors (Lipinski definition) is 1. The largest absolute Gasteiger partial charge is 0.497 e. The molecule has 1 heterocycles. The van der Waals surface area contributed by atoms with Gasteiger partial charge in [-0.1, -0.05) is 12.1 Å². The zero-order chi connectivity index (χ0) is 12.3. The normalized spacial score (nSPS) is 21.8. The number of nitrogens with one attached hydrogen (secondary N) is 1. The highest BCUT2D eigenvalue weighted by atomic mass is 16.5. The fourth-order valence-electron chi connectivity index (χ4n) is 2.76. The summed E-state index contributed by atoms with van der Waals surface area (Å²) in [6.45, 7) is 2.25. The second-order valence-electron chi connectivity index (χ2n) is 4.94. The molecule has 94 valence electrons. The molecule has 1 aromatic rings. The summed E-state index contributed by atoms with van der Waals surface area (Å²) in [6, 6.07) is 8.91. The van der Waals surface area contributed by atoms with Crippen LogP contribution in [-0.4, -0.2) is 39.2 Å². The number of methoxy groups -OCH3 is 1. The molecule has 1 aliphatic heterocycles. The Hall–Kier alpha value is -1.06. The number of rotatable bonds is 4. The molecular formula is C14H22N2O. The van der Waals surface area contributed by atoms with E-state index in [1.165, 1.54) is 12.0 Å². The molecule has 2 rings (SSSR count). The van der Waals surface area contributed by atoms with Gasteiger partial charge < -0.3 is 15.0 Å². The zero-order valence-corrected chi connectivity index (χ0v) is 10.9. The van der Waals surface area contributed by atoms with Crippen LogP contribution >= 0.6 is 0 Å². The van der Waals surface area contributed by atoms with E-state index in [1.807, 2.05) is 6.07 Å². The maximum Gasteiger partial charge on any atom is 0.119 e. The van der Waals surface area contributed by atoms with Gasteiger partial charge in [0.1, 0.15) is 5.75 Å². The van der Waals surface area contributed by atoms with Crippen LogP contribution in [0.2, 0.25) is 0 Å². The van der Waals surface area contributed by atoms with Crippen LogP contribution in [0.4, 0.5) is 0 Å². The quantitative estimate of drug-likeness (QED) is 0.861. The van der Waals surface area contributed by atoms with Crippen LogP contribution < -0.4 is 10.1 Å². The lowest BCUT2D eigenvalue weighted by Crippen LogP contribution is -2.28. The molecule has 1 fully saturated rings. The van der Waals surface area contributed by atoms with Gasteiger partial charge in [-0.15, -0.1) is 0 Å². The fraction of sp³-hybridized carbons (Fsp3) is 0.571. The maximum atomic E-state index is 5.31. The first-order valence-corrected chi connectivity index (χ1v) is 6.23. The van der Waals surface area contributed by atoms with Crippen molar-refractivity contribution in [3.8, 4) is 5.75 Å². The maximum absolute atomic E-state index is 5.31. The van der Waals surface area contributed by atoms with Crippen molar-refractivity contribution >= 4 is 0 Å². The lowest BCUT2D eigenvalue weighted by Gasteiger charge is -2.30. The Morgan fingerprint density at radius 1 is 1.41 bits per heavy atom. The molecule has 1 N–H and O–H groups in total. The van der Waals surface area contributed by atoms with Crippen LogP contribution in [0, 0.1) is 5.92 Å². The molecule has 2 atom stereocenters. The third-order valence-electron chi connectivity index (χ3n) is 3.54. The Morgan fingerprint density at radius 2 is 2.24 bits per heavy atom. The number of hydrogen-bond acceptors (Lipinski definition) is 3. The van der Waals surface area contributed by atoms with E-state index in [1.54, 1.807) is 7.11 Å². The molecule has 0 spiro atoms. The van der Waals surface area contributed by atoms with Gasteiger partial charge in [-0.25, -0.2) is 0 Å². The van der Waals surface area contributed by atoms with Gasteiger partial charge in [-0.3, -0.25) is 0 Å². The van der Waals surface area contributed by atoms with Gasteiger partial charge in [-0.05, 0) is 57.2 Å². The predicted octanol–water partition coefficient (Wildman–Crippen LogP) is 1.91. The van der Waals surface area contributed by atoms with Gasteiger partial charge >= 0.3 is 0 Å². The van der Waals surface area contributed by atoms with Crippen molar-refractivity contribution in [3.05, 3.63) is 29.8 Å². The summed E-state index contributed by atoms with van der Waals surface area (Å²) in [5.41, 5.74) is 1.35. The Labute approximate surface area is 104 Å². The first-order valence-electron chi connectivity index (χ1n) is 6.23. The van der Waals surface area contributed by atoms with Crippen LogP contribution in [0.5, 0.6) is 5.75 Å². The number of nitrogens with zero attached hydrogens (tertiary/aromatic N) is 1. The van der Waals surface area contributed by atoms with Crippen molar-refractivity contribution in [2.24, 2.45) is 5.92 Å². The van der Waals surface area contributed by atoms with Crippen LogP contribution in [0.25, 0.3) is 0 Å². The van der Waals surface area contributed by atoms with E-state index in [-0.39, 0.29) is 0 Å². The van der Waals surface area contributed by atoms with Crippen molar-refractivity contribution in [2.45, 2.75) is 12.5 Å². The summed E-state index contributed by atoms with van der Waals surface area (Å²) in [7, 11) is 6.03. The molecule has 3 heteroatoms. The highest BCUT2D eigenvalue weighted by Crippen LogP contribution is 2.32. The second-order valence-corrected chi connectivity index (χ2v) is 4.94. The first-order chi connectivity index (χ1) is 8.22. The predicted molar refractivity (Wildman–Crippen MR) is 70.4 cm³/mol. The third kappa shape index (κ3) is 2.79. The van der Waals surface area contributed by atoms with E-state index < -0.39 is 0 Å². The molecule has 0 saturated carbocycles. The van der Waals surface area contributed by atoms with E-state index in [0.717, 1.165) is 18.8 Å². The van der Waals surface area contributed by atoms with Crippen LogP contribution in [-0.2, 0) is 0 Å². The van der Waals surface area contributed by atoms with Crippen LogP contribution in [0.1, 0.15) is 18.0 Å². The van der Waals surface area contributed by atoms with Gasteiger partial charge in [0, 0.05) is 6.04 Å². The highest BCUT2D eigenvalue weighted by Gasteiger charge is 2.27. The Bertz CT molecular complexity index is 359. The Kier molecular flexibility index (Phi) is 4.02. The minimum atomic E-state index is 0.472. The second kappa shape index (κ2) is 5.52. The number of benzene rings is 1. The summed E-state index contributed by atoms with van der Waals surface area (Å²) in [5.74, 6) is 1.64. The van der Waals surface area contributed by atoms with E-state index in [9.17, 15) is 0 Å². The molecule has 0 amide bonds. The van der Waals surface area contributed by atoms with Crippen molar-refractivity contribution < 1.29 is 4.74 Å². The zero-order valence-electron chi connectivity index (χ0n) is 10.9. The summed E-state index contributed by atoms with van der Waals surface area (Å²) in [4.78, 5) is 2.31. The molecule has 0 aliphatic carbocycles. The summed E-state index contributed by atoms with van der Waals surface area (Å²) in [5, 5.41) is 3.45. The minimum Gasteiger partial charge on any atom is -0.497 e. The van der Waals surface area contributed by atoms with E-state index in [0.29, 0.717) is 12.0 Å². The number of ether oxygens (including phenoxy) is 1. The Morgan fingerprint density at radius 3 is 2.82 bits per heavy atom. The fourth-order valence-corrected chi connectivity index (χ4v) is 2.76. The topological polar surface area (TPSA) is 24.5 Å². The van der Waals surface area contributed by atoms with Crippen molar-refractivity contribution in [1.29, 1.82) is 0 Å². The molecule has 0 radical (unpaired) electrons. The van der Waals surface area contributed by atoms with Crippen LogP contribution in [0.3, 0.4) is 0 Å². The molecule has 1 aromatic carbocycles. The highest BCUT2D eigenvalue weighted by molar-refractivity contribution is 5.31. The summed E-state index contributed by atoms with van der Waals surface area (Å²) >= 11 is 0. The van der Waals surface area contributed by atoms with Gasteiger partial charge in [0.05, 0.1) is 7.11 Å². The van der Waals surface area contributed by atoms with Crippen LogP contribution in [0.15, 0.2) is 24.3 Å². The van der Waals surface area contributed by atoms with Crippen molar-refractivity contribution in [3.63, 3.8) is 0 Å². The SMILES string of the molecule is COc1cccc(C(C2CCNC2)N(C)C)c1. The molecule has 3 nitrogen and oxygen atoms in total. The molecule has 0 bridgehead atoms. The molecule has 2 unspecified atom stereocenters. The average molecular weight is 234 g/mol. The lowest BCUT2D eigenvalue weighted by molar-refractivity contribution is 0.222. The lowest BCUT2D eigenvalue weighted by atomic mass is 9.91. The molecule has 0 aromatic heterocycles. The molecular weight excluding hydrogens is 212 g/mol. The Balaban J connectivity index is 2.24. The first kappa shape index (κ1) is 12.4. The van der Waals surface area contributed by atoms with E-state index in [2.05, 4.69) is 42.5 Å². The molecule has 1 saturated heterocycles. The minimum absolute atomic E-state index is 0.472. The summed E-state index contributed by atoms with van der Waals surface area (Å²) < 4.78 is 5.31. The smallest absolute Gasteiger partial charge is 0.119 e. The van der Waals surface area contributed by atoms with Gasteiger partial charge in [0.15, 0.2) is 0 Å². The monoisotopic (exact) mass is 234 g/mol. The van der Waals surface area contributed by atoms with Gasteiger partial charge in [-0.2, -0.15) is 0 Å². The molecule has 17 heavy (non-hydrogen) atoms. The van der Waals surface area contributed by atoms with Crippen molar-refractivity contribution in [2.75, 3.05) is 34.3 Å². The standard InChI is InChI=1S/C14H22N2O/c1-16(2)14(12-7-8-15-10-12)11-5-4-6-13(9-11)17-3/h4-6,9,12,14-15H,7-8,10H2,1-3H3. The van der Waals surface area contributed by atoms with Crippen molar-refractivity contribution in [1.82, 2.24) is 10.2 Å².